The van der Waals surface area contributed by atoms with Crippen molar-refractivity contribution < 1.29 is 9.90 Å². The van der Waals surface area contributed by atoms with Gasteiger partial charge in [0.15, 0.2) is 5.78 Å². The van der Waals surface area contributed by atoms with Crippen molar-refractivity contribution in [3.8, 4) is 0 Å². The summed E-state index contributed by atoms with van der Waals surface area (Å²) in [5, 5.41) is 9.14. The van der Waals surface area contributed by atoms with Crippen molar-refractivity contribution in [1.82, 2.24) is 0 Å². The Morgan fingerprint density at radius 3 is 2.94 bits per heavy atom. The molecule has 16 heavy (non-hydrogen) atoms. The minimum Gasteiger partial charge on any atom is -0.396 e. The maximum atomic E-state index is 11.8. The highest BCUT2D eigenvalue weighted by molar-refractivity contribution is 9.10. The fraction of sp³-hybridized carbons (Fsp3) is 0.462. The SMILES string of the molecule is CC1(CCO)CCC(=O)c2cc(Br)ccc21. The Kier molecular flexibility index (Phi) is 3.17. The number of fused-ring (bicyclic) bond motifs is 1. The summed E-state index contributed by atoms with van der Waals surface area (Å²) in [6.07, 6.45) is 2.13. The lowest BCUT2D eigenvalue weighted by Gasteiger charge is -2.35. The summed E-state index contributed by atoms with van der Waals surface area (Å²) >= 11 is 3.39. The van der Waals surface area contributed by atoms with Crippen molar-refractivity contribution in [3.63, 3.8) is 0 Å². The van der Waals surface area contributed by atoms with E-state index in [2.05, 4.69) is 22.9 Å². The molecule has 1 aliphatic rings. The number of rotatable bonds is 2. The molecule has 3 heteroatoms. The molecule has 2 nitrogen and oxygen atoms in total. The zero-order valence-electron chi connectivity index (χ0n) is 9.29. The topological polar surface area (TPSA) is 37.3 Å². The van der Waals surface area contributed by atoms with Crippen LogP contribution in [-0.2, 0) is 5.41 Å². The Balaban J connectivity index is 2.52. The molecule has 1 N–H and O–H groups in total. The van der Waals surface area contributed by atoms with Crippen LogP contribution in [0.4, 0.5) is 0 Å². The Hall–Kier alpha value is -0.670. The van der Waals surface area contributed by atoms with E-state index in [-0.39, 0.29) is 17.8 Å². The molecular weight excluding hydrogens is 268 g/mol. The van der Waals surface area contributed by atoms with Crippen LogP contribution < -0.4 is 0 Å². The number of aliphatic hydroxyl groups is 1. The lowest BCUT2D eigenvalue weighted by molar-refractivity contribution is 0.0946. The quantitative estimate of drug-likeness (QED) is 0.905. The maximum Gasteiger partial charge on any atom is 0.163 e. The molecule has 1 unspecified atom stereocenters. The average molecular weight is 283 g/mol. The molecule has 1 atom stereocenters. The molecule has 86 valence electrons. The van der Waals surface area contributed by atoms with Crippen molar-refractivity contribution >= 4 is 21.7 Å². The first-order valence-electron chi connectivity index (χ1n) is 5.51. The third-order valence-electron chi connectivity index (χ3n) is 3.50. The number of carbonyl (C=O) groups is 1. The molecule has 0 bridgehead atoms. The molecule has 1 aromatic carbocycles. The lowest BCUT2D eigenvalue weighted by Crippen LogP contribution is -2.31. The lowest BCUT2D eigenvalue weighted by atomic mass is 9.69. The Labute approximate surface area is 104 Å². The van der Waals surface area contributed by atoms with Crippen LogP contribution in [0.25, 0.3) is 0 Å². The Bertz CT molecular complexity index is 428. The predicted molar refractivity (Wildman–Crippen MR) is 66.8 cm³/mol. The van der Waals surface area contributed by atoms with E-state index in [4.69, 9.17) is 5.11 Å². The van der Waals surface area contributed by atoms with Crippen molar-refractivity contribution in [1.29, 1.82) is 0 Å². The molecule has 0 radical (unpaired) electrons. The number of ketones is 1. The van der Waals surface area contributed by atoms with Crippen LogP contribution in [0.3, 0.4) is 0 Å². The van der Waals surface area contributed by atoms with Gasteiger partial charge in [-0.2, -0.15) is 0 Å². The molecule has 0 aliphatic heterocycles. The van der Waals surface area contributed by atoms with Gasteiger partial charge in [-0.15, -0.1) is 0 Å². The van der Waals surface area contributed by atoms with Crippen molar-refractivity contribution in [2.24, 2.45) is 0 Å². The van der Waals surface area contributed by atoms with Crippen molar-refractivity contribution in [2.75, 3.05) is 6.61 Å². The second kappa shape index (κ2) is 4.30. The highest BCUT2D eigenvalue weighted by Crippen LogP contribution is 2.40. The molecule has 0 heterocycles. The van der Waals surface area contributed by atoms with Gasteiger partial charge in [0.2, 0.25) is 0 Å². The monoisotopic (exact) mass is 282 g/mol. The maximum absolute atomic E-state index is 11.8. The molecule has 1 aliphatic carbocycles. The van der Waals surface area contributed by atoms with E-state index < -0.39 is 0 Å². The second-order valence-electron chi connectivity index (χ2n) is 4.65. The van der Waals surface area contributed by atoms with E-state index in [1.807, 2.05) is 18.2 Å². The van der Waals surface area contributed by atoms with Gasteiger partial charge in [-0.25, -0.2) is 0 Å². The molecule has 0 amide bonds. The highest BCUT2D eigenvalue weighted by Gasteiger charge is 2.34. The molecule has 0 saturated carbocycles. The Morgan fingerprint density at radius 1 is 1.50 bits per heavy atom. The van der Waals surface area contributed by atoms with Gasteiger partial charge in [0.25, 0.3) is 0 Å². The van der Waals surface area contributed by atoms with Gasteiger partial charge in [0, 0.05) is 23.1 Å². The summed E-state index contributed by atoms with van der Waals surface area (Å²) in [6, 6.07) is 5.87. The zero-order valence-corrected chi connectivity index (χ0v) is 10.9. The van der Waals surface area contributed by atoms with Gasteiger partial charge in [-0.3, -0.25) is 4.79 Å². The highest BCUT2D eigenvalue weighted by atomic mass is 79.9. The number of halogens is 1. The van der Waals surface area contributed by atoms with Crippen LogP contribution in [0.1, 0.15) is 42.1 Å². The predicted octanol–water partition coefficient (Wildman–Crippen LogP) is 3.07. The molecule has 0 saturated heterocycles. The van der Waals surface area contributed by atoms with E-state index in [9.17, 15) is 4.79 Å². The van der Waals surface area contributed by atoms with Gasteiger partial charge >= 0.3 is 0 Å². The van der Waals surface area contributed by atoms with Gasteiger partial charge in [0.05, 0.1) is 0 Å². The molecule has 0 spiro atoms. The minimum absolute atomic E-state index is 0.0569. The first kappa shape index (κ1) is 11.8. The largest absolute Gasteiger partial charge is 0.396 e. The molecule has 2 rings (SSSR count). The zero-order chi connectivity index (χ0) is 11.8. The van der Waals surface area contributed by atoms with E-state index in [1.165, 1.54) is 0 Å². The summed E-state index contributed by atoms with van der Waals surface area (Å²) in [5.74, 6) is 0.215. The number of hydrogen-bond acceptors (Lipinski definition) is 2. The second-order valence-corrected chi connectivity index (χ2v) is 5.56. The summed E-state index contributed by atoms with van der Waals surface area (Å²) in [7, 11) is 0. The summed E-state index contributed by atoms with van der Waals surface area (Å²) in [4.78, 5) is 11.8. The van der Waals surface area contributed by atoms with Gasteiger partial charge in [0.1, 0.15) is 0 Å². The number of hydrogen-bond donors (Lipinski definition) is 1. The number of aliphatic hydroxyl groups excluding tert-OH is 1. The summed E-state index contributed by atoms with van der Waals surface area (Å²) in [5.41, 5.74) is 1.84. The first-order valence-corrected chi connectivity index (χ1v) is 6.30. The van der Waals surface area contributed by atoms with E-state index in [0.717, 1.165) is 28.4 Å². The van der Waals surface area contributed by atoms with E-state index in [0.29, 0.717) is 6.42 Å². The van der Waals surface area contributed by atoms with Crippen LogP contribution in [0, 0.1) is 0 Å². The van der Waals surface area contributed by atoms with Crippen LogP contribution in [0.5, 0.6) is 0 Å². The van der Waals surface area contributed by atoms with Crippen LogP contribution in [0.2, 0.25) is 0 Å². The van der Waals surface area contributed by atoms with Crippen molar-refractivity contribution in [3.05, 3.63) is 33.8 Å². The van der Waals surface area contributed by atoms with Crippen LogP contribution in [0.15, 0.2) is 22.7 Å². The minimum atomic E-state index is -0.0569. The molecule has 1 aromatic rings. The smallest absolute Gasteiger partial charge is 0.163 e. The van der Waals surface area contributed by atoms with E-state index >= 15 is 0 Å². The van der Waals surface area contributed by atoms with Crippen molar-refractivity contribution in [2.45, 2.75) is 31.6 Å². The number of benzene rings is 1. The van der Waals surface area contributed by atoms with Gasteiger partial charge in [-0.05, 0) is 36.0 Å². The summed E-state index contributed by atoms with van der Waals surface area (Å²) < 4.78 is 0.938. The Morgan fingerprint density at radius 2 is 2.25 bits per heavy atom. The molecular formula is C13H15BrO2. The first-order chi connectivity index (χ1) is 7.57. The van der Waals surface area contributed by atoms with Crippen LogP contribution >= 0.6 is 15.9 Å². The number of Topliss-reactive ketones (excluding diaryl/α,β-unsaturated/α-hetero) is 1. The van der Waals surface area contributed by atoms with E-state index in [1.54, 1.807) is 0 Å². The normalized spacial score (nSPS) is 24.3. The van der Waals surface area contributed by atoms with Gasteiger partial charge in [-0.1, -0.05) is 28.9 Å². The third-order valence-corrected chi connectivity index (χ3v) is 3.99. The van der Waals surface area contributed by atoms with Gasteiger partial charge < -0.3 is 5.11 Å². The molecule has 0 aromatic heterocycles. The van der Waals surface area contributed by atoms with Crippen LogP contribution in [-0.4, -0.2) is 17.5 Å². The third kappa shape index (κ3) is 1.94. The fourth-order valence-corrected chi connectivity index (χ4v) is 2.80. The molecule has 0 fully saturated rings. The average Bonchev–Trinajstić information content (AvgIpc) is 2.24. The standard InChI is InChI=1S/C13H15BrO2/c1-13(6-7-15)5-4-12(16)10-8-9(14)2-3-11(10)13/h2-3,8,15H,4-7H2,1H3. The number of carbonyl (C=O) groups excluding carboxylic acids is 1. The summed E-state index contributed by atoms with van der Waals surface area (Å²) in [6.45, 7) is 2.29. The fourth-order valence-electron chi connectivity index (χ4n) is 2.44.